The third-order valence-electron chi connectivity index (χ3n) is 2.42. The topological polar surface area (TPSA) is 90.5 Å². The van der Waals surface area contributed by atoms with Gasteiger partial charge in [-0.05, 0) is 12.8 Å². The first kappa shape index (κ1) is 12.9. The fourth-order valence-corrected chi connectivity index (χ4v) is 1.53. The molecule has 0 aromatic carbocycles. The number of amides is 2. The van der Waals surface area contributed by atoms with Crippen molar-refractivity contribution in [3.63, 3.8) is 0 Å². The van der Waals surface area contributed by atoms with Gasteiger partial charge in [-0.25, -0.2) is 0 Å². The molecule has 6 nitrogen and oxygen atoms in total. The zero-order valence-electron chi connectivity index (χ0n) is 9.45. The van der Waals surface area contributed by atoms with E-state index in [1.54, 1.807) is 0 Å². The normalized spacial score (nSPS) is 24.1. The van der Waals surface area contributed by atoms with Crippen molar-refractivity contribution in [1.82, 2.24) is 16.0 Å². The third kappa shape index (κ3) is 4.16. The van der Waals surface area contributed by atoms with Gasteiger partial charge < -0.3 is 21.1 Å². The maximum absolute atomic E-state index is 11.5. The molecule has 0 bridgehead atoms. The summed E-state index contributed by atoms with van der Waals surface area (Å²) in [6.07, 6.45) is 0.808. The highest BCUT2D eigenvalue weighted by atomic mass is 16.3. The Hall–Kier alpha value is -1.14. The van der Waals surface area contributed by atoms with E-state index in [1.165, 1.54) is 0 Å². The van der Waals surface area contributed by atoms with Crippen molar-refractivity contribution in [2.24, 2.45) is 0 Å². The van der Waals surface area contributed by atoms with Gasteiger partial charge in [0.2, 0.25) is 11.8 Å². The summed E-state index contributed by atoms with van der Waals surface area (Å²) in [6, 6.07) is -0.381. The second kappa shape index (κ2) is 6.44. The van der Waals surface area contributed by atoms with Crippen LogP contribution in [-0.2, 0) is 9.59 Å². The number of carbonyl (C=O) groups is 2. The molecule has 2 amide bonds. The van der Waals surface area contributed by atoms with Crippen molar-refractivity contribution in [1.29, 1.82) is 0 Å². The summed E-state index contributed by atoms with van der Waals surface area (Å²) < 4.78 is 0. The lowest BCUT2D eigenvalue weighted by Crippen LogP contribution is -2.44. The standard InChI is InChI=1S/C10H19N3O3/c1-2-3-11-9(15)6-13-10(16)8-4-7(14)5-12-8/h7-8,12,14H,2-6H2,1H3,(H,11,15)(H,13,16). The highest BCUT2D eigenvalue weighted by Gasteiger charge is 2.27. The third-order valence-corrected chi connectivity index (χ3v) is 2.42. The van der Waals surface area contributed by atoms with Crippen molar-refractivity contribution < 1.29 is 14.7 Å². The van der Waals surface area contributed by atoms with E-state index in [9.17, 15) is 14.7 Å². The molecule has 4 N–H and O–H groups in total. The van der Waals surface area contributed by atoms with E-state index >= 15 is 0 Å². The monoisotopic (exact) mass is 229 g/mol. The van der Waals surface area contributed by atoms with Gasteiger partial charge in [0.25, 0.3) is 0 Å². The Balaban J connectivity index is 2.17. The lowest BCUT2D eigenvalue weighted by Gasteiger charge is -2.10. The lowest BCUT2D eigenvalue weighted by atomic mass is 10.2. The Kier molecular flexibility index (Phi) is 5.21. The van der Waals surface area contributed by atoms with Crippen LogP contribution in [-0.4, -0.2) is 48.7 Å². The number of aliphatic hydroxyl groups is 1. The Bertz CT molecular complexity index is 258. The molecule has 0 radical (unpaired) electrons. The highest BCUT2D eigenvalue weighted by Crippen LogP contribution is 2.05. The molecule has 2 unspecified atom stereocenters. The van der Waals surface area contributed by atoms with Crippen molar-refractivity contribution in [2.75, 3.05) is 19.6 Å². The average Bonchev–Trinajstić information content (AvgIpc) is 2.69. The molecule has 6 heteroatoms. The number of carbonyl (C=O) groups excluding carboxylic acids is 2. The van der Waals surface area contributed by atoms with E-state index in [2.05, 4.69) is 16.0 Å². The molecule has 16 heavy (non-hydrogen) atoms. The van der Waals surface area contributed by atoms with E-state index in [1.807, 2.05) is 6.92 Å². The molecule has 1 heterocycles. The summed E-state index contributed by atoms with van der Waals surface area (Å²) in [4.78, 5) is 22.7. The van der Waals surface area contributed by atoms with Crippen LogP contribution in [0.15, 0.2) is 0 Å². The first-order chi connectivity index (χ1) is 7.63. The molecule has 0 spiro atoms. The fourth-order valence-electron chi connectivity index (χ4n) is 1.53. The predicted molar refractivity (Wildman–Crippen MR) is 58.7 cm³/mol. The van der Waals surface area contributed by atoms with Crippen LogP contribution in [0, 0.1) is 0 Å². The van der Waals surface area contributed by atoms with Crippen LogP contribution >= 0.6 is 0 Å². The second-order valence-corrected chi connectivity index (χ2v) is 3.92. The van der Waals surface area contributed by atoms with Crippen LogP contribution in [0.2, 0.25) is 0 Å². The van der Waals surface area contributed by atoms with Gasteiger partial charge in [0.05, 0.1) is 18.7 Å². The van der Waals surface area contributed by atoms with E-state index in [0.717, 1.165) is 6.42 Å². The SMILES string of the molecule is CCCNC(=O)CNC(=O)C1CC(O)CN1. The maximum Gasteiger partial charge on any atom is 0.239 e. The van der Waals surface area contributed by atoms with Crippen LogP contribution in [0.25, 0.3) is 0 Å². The van der Waals surface area contributed by atoms with Gasteiger partial charge in [-0.2, -0.15) is 0 Å². The van der Waals surface area contributed by atoms with Gasteiger partial charge in [0.1, 0.15) is 0 Å². The van der Waals surface area contributed by atoms with Gasteiger partial charge in [-0.3, -0.25) is 9.59 Å². The fraction of sp³-hybridized carbons (Fsp3) is 0.800. The Morgan fingerprint density at radius 3 is 2.75 bits per heavy atom. The zero-order valence-corrected chi connectivity index (χ0v) is 9.45. The molecule has 0 saturated carbocycles. The number of nitrogens with one attached hydrogen (secondary N) is 3. The van der Waals surface area contributed by atoms with E-state index in [0.29, 0.717) is 19.5 Å². The molecular formula is C10H19N3O3. The van der Waals surface area contributed by atoms with Crippen molar-refractivity contribution in [3.8, 4) is 0 Å². The molecule has 1 saturated heterocycles. The van der Waals surface area contributed by atoms with Crippen molar-refractivity contribution in [3.05, 3.63) is 0 Å². The minimum absolute atomic E-state index is 0.00684. The maximum atomic E-state index is 11.5. The molecule has 0 aromatic rings. The van der Waals surface area contributed by atoms with Crippen LogP contribution in [0.3, 0.4) is 0 Å². The smallest absolute Gasteiger partial charge is 0.239 e. The Labute approximate surface area is 94.8 Å². The molecule has 2 atom stereocenters. The molecule has 1 fully saturated rings. The van der Waals surface area contributed by atoms with Gasteiger partial charge >= 0.3 is 0 Å². The molecule has 0 aromatic heterocycles. The first-order valence-corrected chi connectivity index (χ1v) is 5.59. The zero-order chi connectivity index (χ0) is 12.0. The van der Waals surface area contributed by atoms with E-state index in [4.69, 9.17) is 0 Å². The minimum atomic E-state index is -0.468. The summed E-state index contributed by atoms with van der Waals surface area (Å²) in [5.74, 6) is -0.419. The number of rotatable bonds is 5. The number of β-amino-alcohol motifs (C(OH)–C–C–N with tert-alkyl or cyclic N) is 1. The van der Waals surface area contributed by atoms with Crippen LogP contribution in [0.5, 0.6) is 0 Å². The molecule has 0 aliphatic carbocycles. The van der Waals surface area contributed by atoms with Gasteiger partial charge in [-0.1, -0.05) is 6.92 Å². The summed E-state index contributed by atoms with van der Waals surface area (Å²) in [7, 11) is 0. The number of hydrogen-bond acceptors (Lipinski definition) is 4. The number of aliphatic hydroxyl groups excluding tert-OH is 1. The van der Waals surface area contributed by atoms with Crippen LogP contribution in [0.1, 0.15) is 19.8 Å². The van der Waals surface area contributed by atoms with Gasteiger partial charge in [-0.15, -0.1) is 0 Å². The summed E-state index contributed by atoms with van der Waals surface area (Å²) in [5, 5.41) is 17.3. The second-order valence-electron chi connectivity index (χ2n) is 3.92. The molecule has 1 aliphatic heterocycles. The molecule has 92 valence electrons. The van der Waals surface area contributed by atoms with Gasteiger partial charge in [0, 0.05) is 13.1 Å². The quantitative estimate of drug-likeness (QED) is 0.455. The number of hydrogen-bond donors (Lipinski definition) is 4. The first-order valence-electron chi connectivity index (χ1n) is 5.59. The Morgan fingerprint density at radius 1 is 1.44 bits per heavy atom. The van der Waals surface area contributed by atoms with Crippen molar-refractivity contribution in [2.45, 2.75) is 31.9 Å². The average molecular weight is 229 g/mol. The van der Waals surface area contributed by atoms with Crippen LogP contribution < -0.4 is 16.0 Å². The summed E-state index contributed by atoms with van der Waals surface area (Å²) in [6.45, 7) is 3.00. The van der Waals surface area contributed by atoms with Crippen molar-refractivity contribution >= 4 is 11.8 Å². The predicted octanol–water partition coefficient (Wildman–Crippen LogP) is -1.65. The highest BCUT2D eigenvalue weighted by molar-refractivity contribution is 5.87. The lowest BCUT2D eigenvalue weighted by molar-refractivity contribution is -0.127. The largest absolute Gasteiger partial charge is 0.392 e. The van der Waals surface area contributed by atoms with E-state index in [-0.39, 0.29) is 24.4 Å². The summed E-state index contributed by atoms with van der Waals surface area (Å²) >= 11 is 0. The molecule has 1 rings (SSSR count). The molecule has 1 aliphatic rings. The van der Waals surface area contributed by atoms with Gasteiger partial charge in [0.15, 0.2) is 0 Å². The summed E-state index contributed by atoms with van der Waals surface area (Å²) in [5.41, 5.74) is 0. The molecular weight excluding hydrogens is 210 g/mol. The van der Waals surface area contributed by atoms with E-state index < -0.39 is 6.10 Å². The Morgan fingerprint density at radius 2 is 2.19 bits per heavy atom. The van der Waals surface area contributed by atoms with Crippen LogP contribution in [0.4, 0.5) is 0 Å². The minimum Gasteiger partial charge on any atom is -0.392 e.